The van der Waals surface area contributed by atoms with Crippen molar-refractivity contribution in [3.8, 4) is 11.1 Å². The molecule has 7 nitrogen and oxygen atoms in total. The van der Waals surface area contributed by atoms with Crippen molar-refractivity contribution in [2.24, 2.45) is 5.73 Å². The molecule has 3 aromatic rings. The second-order valence-electron chi connectivity index (χ2n) is 9.86. The highest BCUT2D eigenvalue weighted by atomic mass is 32.2. The molecular formula is C26H36N4O3S2. The van der Waals surface area contributed by atoms with Crippen LogP contribution in [0.25, 0.3) is 22.0 Å². The Kier molecular flexibility index (Phi) is 7.71. The van der Waals surface area contributed by atoms with Gasteiger partial charge in [0.25, 0.3) is 5.91 Å². The molecule has 0 spiro atoms. The molecule has 190 valence electrons. The number of sulfonamides is 1. The standard InChI is InChI=1S/C26H36N4O3S2/c1-5-8-29(4)15-21-11-20(16-34-21)19-12-22-24(14-28-25(22)23(13-19)26(27)31)18-6-9-30(10-7-18)35(32,33)17(2)3/h11-14,16-18,28H,5-10,15H2,1-4H3,(H2,27,31). The van der Waals surface area contributed by atoms with E-state index in [2.05, 4.69) is 41.4 Å². The molecule has 1 saturated heterocycles. The van der Waals surface area contributed by atoms with Gasteiger partial charge in [-0.25, -0.2) is 12.7 Å². The maximum Gasteiger partial charge on any atom is 0.250 e. The third kappa shape index (κ3) is 5.33. The molecule has 0 unspecified atom stereocenters. The van der Waals surface area contributed by atoms with Crippen LogP contribution in [0.2, 0.25) is 0 Å². The van der Waals surface area contributed by atoms with Crippen molar-refractivity contribution in [1.29, 1.82) is 0 Å². The number of aromatic nitrogens is 1. The van der Waals surface area contributed by atoms with Gasteiger partial charge in [0.15, 0.2) is 0 Å². The van der Waals surface area contributed by atoms with Gasteiger partial charge in [0.2, 0.25) is 10.0 Å². The van der Waals surface area contributed by atoms with Crippen LogP contribution in [-0.4, -0.2) is 60.4 Å². The number of nitrogens with two attached hydrogens (primary N) is 1. The SMILES string of the molecule is CCCN(C)Cc1cc(-c2cc(C(N)=O)c3[nH]cc(C4CCN(S(=O)(=O)C(C)C)CC4)c3c2)cs1. The number of hydrogen-bond donors (Lipinski definition) is 2. The number of nitrogens with zero attached hydrogens (tertiary/aromatic N) is 2. The van der Waals surface area contributed by atoms with Crippen molar-refractivity contribution in [1.82, 2.24) is 14.2 Å². The number of hydrogen-bond acceptors (Lipinski definition) is 5. The average Bonchev–Trinajstić information content (AvgIpc) is 3.45. The molecule has 0 aliphatic carbocycles. The Morgan fingerprint density at radius 3 is 2.57 bits per heavy atom. The first-order valence-corrected chi connectivity index (χ1v) is 14.7. The van der Waals surface area contributed by atoms with Gasteiger partial charge in [0.1, 0.15) is 0 Å². The fourth-order valence-electron chi connectivity index (χ4n) is 5.01. The van der Waals surface area contributed by atoms with E-state index in [9.17, 15) is 13.2 Å². The number of thiophene rings is 1. The molecule has 2 aromatic heterocycles. The van der Waals surface area contributed by atoms with Gasteiger partial charge in [-0.1, -0.05) is 6.92 Å². The molecule has 1 fully saturated rings. The molecule has 9 heteroatoms. The summed E-state index contributed by atoms with van der Waals surface area (Å²) >= 11 is 1.73. The number of aromatic amines is 1. The Hall–Kier alpha value is -2.20. The van der Waals surface area contributed by atoms with Gasteiger partial charge in [-0.15, -0.1) is 11.3 Å². The quantitative estimate of drug-likeness (QED) is 0.428. The Balaban J connectivity index is 1.65. The van der Waals surface area contributed by atoms with E-state index in [1.165, 1.54) is 4.88 Å². The molecule has 0 atom stereocenters. The molecule has 1 amide bonds. The first-order chi connectivity index (χ1) is 16.6. The minimum atomic E-state index is -3.24. The van der Waals surface area contributed by atoms with Crippen molar-refractivity contribution in [2.45, 2.75) is 57.7 Å². The molecule has 3 heterocycles. The topological polar surface area (TPSA) is 99.5 Å². The second-order valence-corrected chi connectivity index (χ2v) is 13.3. The van der Waals surface area contributed by atoms with Gasteiger partial charge >= 0.3 is 0 Å². The van der Waals surface area contributed by atoms with Gasteiger partial charge in [0, 0.05) is 36.1 Å². The van der Waals surface area contributed by atoms with E-state index in [1.54, 1.807) is 29.5 Å². The lowest BCUT2D eigenvalue weighted by molar-refractivity contribution is 0.100. The highest BCUT2D eigenvalue weighted by molar-refractivity contribution is 7.89. The fraction of sp³-hybridized carbons (Fsp3) is 0.500. The maximum absolute atomic E-state index is 12.6. The number of H-pyrrole nitrogens is 1. The van der Waals surface area contributed by atoms with E-state index in [0.29, 0.717) is 18.7 Å². The van der Waals surface area contributed by atoms with Gasteiger partial charge in [-0.05, 0) is 92.9 Å². The summed E-state index contributed by atoms with van der Waals surface area (Å²) in [4.78, 5) is 19.2. The van der Waals surface area contributed by atoms with Crippen LogP contribution in [-0.2, 0) is 16.6 Å². The van der Waals surface area contributed by atoms with Crippen molar-refractivity contribution in [3.05, 3.63) is 45.8 Å². The summed E-state index contributed by atoms with van der Waals surface area (Å²) in [6.45, 7) is 8.61. The molecule has 0 radical (unpaired) electrons. The zero-order valence-corrected chi connectivity index (χ0v) is 22.6. The summed E-state index contributed by atoms with van der Waals surface area (Å²) in [5, 5.41) is 2.73. The molecule has 1 aromatic carbocycles. The van der Waals surface area contributed by atoms with E-state index < -0.39 is 21.2 Å². The summed E-state index contributed by atoms with van der Waals surface area (Å²) < 4.78 is 26.8. The molecular weight excluding hydrogens is 480 g/mol. The van der Waals surface area contributed by atoms with Crippen molar-refractivity contribution >= 4 is 38.2 Å². The van der Waals surface area contributed by atoms with Gasteiger partial charge in [0.05, 0.1) is 16.3 Å². The molecule has 0 saturated carbocycles. The zero-order chi connectivity index (χ0) is 25.3. The molecule has 0 bridgehead atoms. The zero-order valence-electron chi connectivity index (χ0n) is 21.0. The minimum Gasteiger partial charge on any atom is -0.366 e. The van der Waals surface area contributed by atoms with Crippen LogP contribution in [0.4, 0.5) is 0 Å². The summed E-state index contributed by atoms with van der Waals surface area (Å²) in [5.74, 6) is -0.236. The number of carbonyl (C=O) groups is 1. The number of amides is 1. The Bertz CT molecular complexity index is 1300. The van der Waals surface area contributed by atoms with Crippen LogP contribution in [0.5, 0.6) is 0 Å². The molecule has 4 rings (SSSR count). The lowest BCUT2D eigenvalue weighted by atomic mass is 9.88. The summed E-state index contributed by atoms with van der Waals surface area (Å²) in [7, 11) is -1.11. The second kappa shape index (κ2) is 10.4. The van der Waals surface area contributed by atoms with Crippen LogP contribution >= 0.6 is 11.3 Å². The van der Waals surface area contributed by atoms with Crippen LogP contribution in [0.3, 0.4) is 0 Å². The number of carbonyl (C=O) groups excluding carboxylic acids is 1. The third-order valence-electron chi connectivity index (χ3n) is 6.95. The van der Waals surface area contributed by atoms with E-state index in [4.69, 9.17) is 5.73 Å². The van der Waals surface area contributed by atoms with E-state index >= 15 is 0 Å². The van der Waals surface area contributed by atoms with E-state index in [-0.39, 0.29) is 5.92 Å². The lowest BCUT2D eigenvalue weighted by Gasteiger charge is -2.32. The predicted octanol–water partition coefficient (Wildman–Crippen LogP) is 4.75. The summed E-state index contributed by atoms with van der Waals surface area (Å²) in [6, 6.07) is 6.22. The number of piperidine rings is 1. The normalized spacial score (nSPS) is 16.1. The summed E-state index contributed by atoms with van der Waals surface area (Å²) in [6.07, 6.45) is 4.59. The first-order valence-electron chi connectivity index (χ1n) is 12.3. The van der Waals surface area contributed by atoms with Crippen LogP contribution in [0, 0.1) is 0 Å². The Morgan fingerprint density at radius 1 is 1.23 bits per heavy atom. The highest BCUT2D eigenvalue weighted by Gasteiger charge is 2.31. The Labute approximate surface area is 212 Å². The summed E-state index contributed by atoms with van der Waals surface area (Å²) in [5.41, 5.74) is 10.2. The number of nitrogens with one attached hydrogen (secondary N) is 1. The van der Waals surface area contributed by atoms with Crippen molar-refractivity contribution in [3.63, 3.8) is 0 Å². The van der Waals surface area contributed by atoms with E-state index in [1.807, 2.05) is 12.3 Å². The van der Waals surface area contributed by atoms with E-state index in [0.717, 1.165) is 59.9 Å². The van der Waals surface area contributed by atoms with Gasteiger partial charge in [-0.3, -0.25) is 4.79 Å². The highest BCUT2D eigenvalue weighted by Crippen LogP contribution is 2.38. The van der Waals surface area contributed by atoms with Crippen LogP contribution in [0.1, 0.15) is 66.8 Å². The number of fused-ring (bicyclic) bond motifs is 1. The predicted molar refractivity (Wildman–Crippen MR) is 144 cm³/mol. The Morgan fingerprint density at radius 2 is 1.94 bits per heavy atom. The number of rotatable bonds is 9. The number of benzene rings is 1. The minimum absolute atomic E-state index is 0.221. The largest absolute Gasteiger partial charge is 0.366 e. The first kappa shape index (κ1) is 25.9. The smallest absolute Gasteiger partial charge is 0.250 e. The molecule has 35 heavy (non-hydrogen) atoms. The lowest BCUT2D eigenvalue weighted by Crippen LogP contribution is -2.41. The molecule has 3 N–H and O–H groups in total. The monoisotopic (exact) mass is 516 g/mol. The number of primary amides is 1. The van der Waals surface area contributed by atoms with Crippen molar-refractivity contribution in [2.75, 3.05) is 26.7 Å². The molecule has 1 aliphatic rings. The van der Waals surface area contributed by atoms with Crippen molar-refractivity contribution < 1.29 is 13.2 Å². The fourth-order valence-corrected chi connectivity index (χ4v) is 7.30. The van der Waals surface area contributed by atoms with Gasteiger partial charge < -0.3 is 15.6 Å². The average molecular weight is 517 g/mol. The third-order valence-corrected chi connectivity index (χ3v) is 10.2. The van der Waals surface area contributed by atoms with Crippen LogP contribution in [0.15, 0.2) is 29.8 Å². The van der Waals surface area contributed by atoms with Crippen LogP contribution < -0.4 is 5.73 Å². The maximum atomic E-state index is 12.6. The molecule has 1 aliphatic heterocycles. The van der Waals surface area contributed by atoms with Gasteiger partial charge in [-0.2, -0.15) is 0 Å².